The third-order valence-electron chi connectivity index (χ3n) is 1.93. The Hall–Kier alpha value is -1.47. The highest BCUT2D eigenvalue weighted by molar-refractivity contribution is 9.10. The van der Waals surface area contributed by atoms with Gasteiger partial charge in [-0.25, -0.2) is 4.98 Å². The monoisotopic (exact) mass is 300 g/mol. The Morgan fingerprint density at radius 1 is 1.47 bits per heavy atom. The second-order valence-corrected chi connectivity index (χ2v) is 4.11. The molecule has 0 aliphatic carbocycles. The van der Waals surface area contributed by atoms with E-state index in [1.807, 2.05) is 6.92 Å². The number of nitrogens with two attached hydrogens (primary N) is 1. The summed E-state index contributed by atoms with van der Waals surface area (Å²) in [6.07, 6.45) is 1.53. The average Bonchev–Trinajstić information content (AvgIpc) is 2.31. The average molecular weight is 301 g/mol. The summed E-state index contributed by atoms with van der Waals surface area (Å²) in [5, 5.41) is 4.98. The normalized spacial score (nSPS) is 9.82. The van der Waals surface area contributed by atoms with Crippen molar-refractivity contribution < 1.29 is 9.59 Å². The Morgan fingerprint density at radius 3 is 2.76 bits per heavy atom. The summed E-state index contributed by atoms with van der Waals surface area (Å²) in [6, 6.07) is 1.78. The number of nitrogens with zero attached hydrogens (tertiary/aromatic N) is 1. The molecule has 0 unspecified atom stereocenters. The van der Waals surface area contributed by atoms with E-state index in [1.54, 1.807) is 6.07 Å². The van der Waals surface area contributed by atoms with Gasteiger partial charge in [-0.15, -0.1) is 0 Å². The predicted molar refractivity (Wildman–Crippen MR) is 67.4 cm³/mol. The number of hydrogen-bond donors (Lipinski definition) is 3. The van der Waals surface area contributed by atoms with Crippen LogP contribution in [0.3, 0.4) is 0 Å². The minimum Gasteiger partial charge on any atom is -0.346 e. The molecule has 0 aliphatic heterocycles. The Balaban J connectivity index is 2.50. The van der Waals surface area contributed by atoms with Crippen LogP contribution in [0.25, 0.3) is 0 Å². The molecule has 0 spiro atoms. The molecule has 6 nitrogen and oxygen atoms in total. The first-order chi connectivity index (χ1) is 8.02. The molecule has 0 saturated carbocycles. The first kappa shape index (κ1) is 13.6. The van der Waals surface area contributed by atoms with Gasteiger partial charge in [-0.2, -0.15) is 0 Å². The number of rotatable bonds is 4. The number of aromatic nitrogens is 1. The summed E-state index contributed by atoms with van der Waals surface area (Å²) in [6.45, 7) is 1.63. The summed E-state index contributed by atoms with van der Waals surface area (Å²) in [5.41, 5.74) is 6.58. The van der Waals surface area contributed by atoms with Crippen molar-refractivity contribution in [2.75, 3.05) is 18.4 Å². The lowest BCUT2D eigenvalue weighted by Gasteiger charge is -2.07. The van der Waals surface area contributed by atoms with Crippen molar-refractivity contribution in [3.8, 4) is 0 Å². The lowest BCUT2D eigenvalue weighted by molar-refractivity contribution is -0.123. The number of halogens is 1. The van der Waals surface area contributed by atoms with Crippen LogP contribution in [-0.2, 0) is 9.59 Å². The Bertz CT molecular complexity index is 436. The maximum absolute atomic E-state index is 11.4. The molecule has 4 N–H and O–H groups in total. The molecule has 0 bridgehead atoms. The van der Waals surface area contributed by atoms with Gasteiger partial charge < -0.3 is 16.4 Å². The molecule has 7 heteroatoms. The molecular weight excluding hydrogens is 288 g/mol. The van der Waals surface area contributed by atoms with Crippen LogP contribution in [0.2, 0.25) is 0 Å². The standard InChI is InChI=1S/C10H13BrN4O2/c1-6-2-7(4-14-10(6)11)15-9(17)5-13-8(16)3-12/h2,4H,3,5,12H2,1H3,(H,13,16)(H,15,17). The Kier molecular flexibility index (Phi) is 5.05. The van der Waals surface area contributed by atoms with Gasteiger partial charge in [0.05, 0.1) is 25.0 Å². The van der Waals surface area contributed by atoms with Gasteiger partial charge in [-0.3, -0.25) is 9.59 Å². The van der Waals surface area contributed by atoms with Gasteiger partial charge in [0.15, 0.2) is 0 Å². The predicted octanol–water partition coefficient (Wildman–Crippen LogP) is 0.166. The van der Waals surface area contributed by atoms with Crippen molar-refractivity contribution in [3.63, 3.8) is 0 Å². The molecule has 0 fully saturated rings. The molecule has 0 atom stereocenters. The smallest absolute Gasteiger partial charge is 0.243 e. The van der Waals surface area contributed by atoms with E-state index < -0.39 is 0 Å². The largest absolute Gasteiger partial charge is 0.346 e. The van der Waals surface area contributed by atoms with Crippen molar-refractivity contribution in [1.29, 1.82) is 0 Å². The zero-order chi connectivity index (χ0) is 12.8. The Morgan fingerprint density at radius 2 is 2.18 bits per heavy atom. The van der Waals surface area contributed by atoms with E-state index >= 15 is 0 Å². The van der Waals surface area contributed by atoms with Crippen LogP contribution < -0.4 is 16.4 Å². The van der Waals surface area contributed by atoms with Crippen molar-refractivity contribution in [2.24, 2.45) is 5.73 Å². The number of pyridine rings is 1. The van der Waals surface area contributed by atoms with Crippen LogP contribution in [0.1, 0.15) is 5.56 Å². The molecule has 0 radical (unpaired) electrons. The number of nitrogens with one attached hydrogen (secondary N) is 2. The van der Waals surface area contributed by atoms with E-state index in [1.165, 1.54) is 6.20 Å². The summed E-state index contributed by atoms with van der Waals surface area (Å²) in [5.74, 6) is -0.694. The quantitative estimate of drug-likeness (QED) is 0.690. The fourth-order valence-electron chi connectivity index (χ4n) is 1.08. The molecule has 1 aromatic heterocycles. The molecule has 1 heterocycles. The van der Waals surface area contributed by atoms with Gasteiger partial charge in [0.25, 0.3) is 0 Å². The SMILES string of the molecule is Cc1cc(NC(=O)CNC(=O)CN)cnc1Br. The van der Waals surface area contributed by atoms with Gasteiger partial charge in [-0.1, -0.05) is 0 Å². The van der Waals surface area contributed by atoms with E-state index in [-0.39, 0.29) is 24.9 Å². The third kappa shape index (κ3) is 4.49. The topological polar surface area (TPSA) is 97.1 Å². The van der Waals surface area contributed by atoms with Gasteiger partial charge in [0.1, 0.15) is 4.60 Å². The van der Waals surface area contributed by atoms with E-state index in [2.05, 4.69) is 31.5 Å². The number of carbonyl (C=O) groups excluding carboxylic acids is 2. The lowest BCUT2D eigenvalue weighted by Crippen LogP contribution is -2.36. The fourth-order valence-corrected chi connectivity index (χ4v) is 1.30. The highest BCUT2D eigenvalue weighted by atomic mass is 79.9. The second kappa shape index (κ2) is 6.31. The highest BCUT2D eigenvalue weighted by Crippen LogP contribution is 2.16. The molecular formula is C10H13BrN4O2. The maximum atomic E-state index is 11.4. The lowest BCUT2D eigenvalue weighted by atomic mass is 10.3. The molecule has 2 amide bonds. The summed E-state index contributed by atoms with van der Waals surface area (Å²) in [4.78, 5) is 26.3. The number of anilines is 1. The van der Waals surface area contributed by atoms with Crippen LogP contribution in [0.5, 0.6) is 0 Å². The van der Waals surface area contributed by atoms with Crippen molar-refractivity contribution in [2.45, 2.75) is 6.92 Å². The minimum absolute atomic E-state index is 0.106. The molecule has 0 aliphatic rings. The molecule has 0 saturated heterocycles. The van der Waals surface area contributed by atoms with Gasteiger partial charge >= 0.3 is 0 Å². The first-order valence-electron chi connectivity index (χ1n) is 4.91. The summed E-state index contributed by atoms with van der Waals surface area (Å²) < 4.78 is 0.729. The van der Waals surface area contributed by atoms with Crippen LogP contribution in [0.15, 0.2) is 16.9 Å². The van der Waals surface area contributed by atoms with Crippen molar-refractivity contribution in [3.05, 3.63) is 22.4 Å². The molecule has 0 aromatic carbocycles. The zero-order valence-electron chi connectivity index (χ0n) is 9.29. The first-order valence-corrected chi connectivity index (χ1v) is 5.71. The fraction of sp³-hybridized carbons (Fsp3) is 0.300. The molecule has 92 valence electrons. The molecule has 17 heavy (non-hydrogen) atoms. The zero-order valence-corrected chi connectivity index (χ0v) is 10.9. The second-order valence-electron chi connectivity index (χ2n) is 3.36. The summed E-state index contributed by atoms with van der Waals surface area (Å²) >= 11 is 3.26. The number of aryl methyl sites for hydroxylation is 1. The van der Waals surface area contributed by atoms with E-state index in [0.29, 0.717) is 5.69 Å². The number of hydrogen-bond acceptors (Lipinski definition) is 4. The van der Waals surface area contributed by atoms with Crippen LogP contribution in [-0.4, -0.2) is 29.9 Å². The maximum Gasteiger partial charge on any atom is 0.243 e. The van der Waals surface area contributed by atoms with Crippen LogP contribution in [0.4, 0.5) is 5.69 Å². The van der Waals surface area contributed by atoms with Crippen molar-refractivity contribution >= 4 is 33.4 Å². The van der Waals surface area contributed by atoms with E-state index in [4.69, 9.17) is 5.73 Å². The molecule has 1 rings (SSSR count). The summed E-state index contributed by atoms with van der Waals surface area (Å²) in [7, 11) is 0. The Labute approximate surface area is 107 Å². The van der Waals surface area contributed by atoms with Crippen LogP contribution >= 0.6 is 15.9 Å². The van der Waals surface area contributed by atoms with Crippen LogP contribution in [0, 0.1) is 6.92 Å². The number of carbonyl (C=O) groups is 2. The highest BCUT2D eigenvalue weighted by Gasteiger charge is 2.05. The van der Waals surface area contributed by atoms with Gasteiger partial charge in [-0.05, 0) is 34.5 Å². The van der Waals surface area contributed by atoms with E-state index in [0.717, 1.165) is 10.2 Å². The number of amides is 2. The van der Waals surface area contributed by atoms with Gasteiger partial charge in [0.2, 0.25) is 11.8 Å². The van der Waals surface area contributed by atoms with Crippen molar-refractivity contribution in [1.82, 2.24) is 10.3 Å². The third-order valence-corrected chi connectivity index (χ3v) is 2.76. The van der Waals surface area contributed by atoms with E-state index in [9.17, 15) is 9.59 Å². The van der Waals surface area contributed by atoms with Gasteiger partial charge in [0, 0.05) is 0 Å². The minimum atomic E-state index is -0.370. The molecule has 1 aromatic rings.